The first-order valence-electron chi connectivity index (χ1n) is 6.90. The van der Waals surface area contributed by atoms with Crippen LogP contribution in [0.5, 0.6) is 0 Å². The van der Waals surface area contributed by atoms with E-state index < -0.39 is 0 Å². The van der Waals surface area contributed by atoms with Gasteiger partial charge in [0.1, 0.15) is 0 Å². The summed E-state index contributed by atoms with van der Waals surface area (Å²) in [6, 6.07) is 8.44. The van der Waals surface area contributed by atoms with Crippen molar-refractivity contribution in [1.29, 1.82) is 0 Å². The number of Topliss-reactive ketones (excluding diaryl/α,β-unsaturated/α-hetero) is 1. The van der Waals surface area contributed by atoms with Crippen LogP contribution in [0.25, 0.3) is 0 Å². The molecule has 0 aromatic heterocycles. The molecule has 0 aliphatic rings. The molecule has 0 spiro atoms. The zero-order valence-corrected chi connectivity index (χ0v) is 12.1. The average molecular weight is 247 g/mol. The lowest BCUT2D eigenvalue weighted by atomic mass is 10.1. The first-order chi connectivity index (χ1) is 8.58. The fourth-order valence-corrected chi connectivity index (χ4v) is 2.04. The largest absolute Gasteiger partial charge is 0.296 e. The monoisotopic (exact) mass is 247 g/mol. The van der Waals surface area contributed by atoms with Gasteiger partial charge in [0.2, 0.25) is 0 Å². The number of rotatable bonds is 7. The quantitative estimate of drug-likeness (QED) is 0.687. The van der Waals surface area contributed by atoms with Crippen molar-refractivity contribution in [2.75, 3.05) is 13.6 Å². The molecule has 1 aromatic rings. The molecular formula is C16H25NO. The van der Waals surface area contributed by atoms with Crippen molar-refractivity contribution in [1.82, 2.24) is 4.90 Å². The smallest absolute Gasteiger partial charge is 0.176 e. The first-order valence-corrected chi connectivity index (χ1v) is 6.90. The molecule has 1 rings (SSSR count). The van der Waals surface area contributed by atoms with Crippen molar-refractivity contribution in [2.45, 2.75) is 46.1 Å². The molecule has 0 fully saturated rings. The Bertz CT molecular complexity index is 369. The maximum atomic E-state index is 12.1. The summed E-state index contributed by atoms with van der Waals surface area (Å²) in [6.45, 7) is 6.98. The Labute approximate surface area is 111 Å². The zero-order valence-electron chi connectivity index (χ0n) is 12.1. The summed E-state index contributed by atoms with van der Waals surface area (Å²) in [5, 5.41) is 0. The van der Waals surface area contributed by atoms with Gasteiger partial charge in [0.15, 0.2) is 5.78 Å². The van der Waals surface area contributed by atoms with Crippen LogP contribution in [0.4, 0.5) is 0 Å². The Morgan fingerprint density at radius 3 is 2.33 bits per heavy atom. The van der Waals surface area contributed by atoms with Crippen LogP contribution < -0.4 is 0 Å². The topological polar surface area (TPSA) is 20.3 Å². The molecule has 0 amide bonds. The van der Waals surface area contributed by atoms with Crippen LogP contribution in [0.1, 0.15) is 49.5 Å². The van der Waals surface area contributed by atoms with E-state index in [1.807, 2.05) is 31.3 Å². The van der Waals surface area contributed by atoms with Gasteiger partial charge >= 0.3 is 0 Å². The molecule has 0 saturated heterocycles. The van der Waals surface area contributed by atoms with Crippen molar-refractivity contribution in [3.63, 3.8) is 0 Å². The van der Waals surface area contributed by atoms with Gasteiger partial charge < -0.3 is 0 Å². The number of carbonyl (C=O) groups excluding carboxylic acids is 1. The predicted molar refractivity (Wildman–Crippen MR) is 77.2 cm³/mol. The summed E-state index contributed by atoms with van der Waals surface area (Å²) in [7, 11) is 2.03. The maximum Gasteiger partial charge on any atom is 0.176 e. The minimum atomic E-state index is 0.211. The van der Waals surface area contributed by atoms with Gasteiger partial charge in [-0.15, -0.1) is 0 Å². The van der Waals surface area contributed by atoms with E-state index in [0.29, 0.717) is 12.6 Å². The van der Waals surface area contributed by atoms with Gasteiger partial charge in [0, 0.05) is 11.6 Å². The molecule has 0 aliphatic heterocycles. The summed E-state index contributed by atoms with van der Waals surface area (Å²) in [4.78, 5) is 14.3. The van der Waals surface area contributed by atoms with Crippen molar-refractivity contribution >= 4 is 5.78 Å². The van der Waals surface area contributed by atoms with Gasteiger partial charge in [-0.25, -0.2) is 0 Å². The molecule has 2 heteroatoms. The van der Waals surface area contributed by atoms with E-state index in [1.165, 1.54) is 5.56 Å². The van der Waals surface area contributed by atoms with Crippen LogP contribution in [0, 0.1) is 0 Å². The fourth-order valence-electron chi connectivity index (χ4n) is 2.04. The van der Waals surface area contributed by atoms with Crippen molar-refractivity contribution in [3.8, 4) is 0 Å². The lowest BCUT2D eigenvalue weighted by molar-refractivity contribution is 0.0921. The molecule has 2 nitrogen and oxygen atoms in total. The molecule has 0 N–H and O–H groups in total. The molecule has 1 unspecified atom stereocenters. The molecule has 1 aromatic carbocycles. The van der Waals surface area contributed by atoms with Gasteiger partial charge in [0.25, 0.3) is 0 Å². The number of likely N-dealkylation sites (N-methyl/N-ethyl adjacent to an activating group) is 1. The van der Waals surface area contributed by atoms with Crippen molar-refractivity contribution in [3.05, 3.63) is 35.4 Å². The van der Waals surface area contributed by atoms with E-state index in [4.69, 9.17) is 0 Å². The van der Waals surface area contributed by atoms with Gasteiger partial charge in [0.05, 0.1) is 6.54 Å². The van der Waals surface area contributed by atoms with Crippen LogP contribution in [0.3, 0.4) is 0 Å². The highest BCUT2D eigenvalue weighted by molar-refractivity contribution is 5.97. The molecule has 1 atom stereocenters. The average Bonchev–Trinajstić information content (AvgIpc) is 2.39. The number of nitrogens with zero attached hydrogens (tertiary/aromatic N) is 1. The lowest BCUT2D eigenvalue weighted by Crippen LogP contribution is -2.33. The van der Waals surface area contributed by atoms with Gasteiger partial charge in [-0.1, -0.05) is 44.5 Å². The van der Waals surface area contributed by atoms with Gasteiger partial charge in [-0.2, -0.15) is 0 Å². The van der Waals surface area contributed by atoms with Crippen LogP contribution in [0.15, 0.2) is 24.3 Å². The summed E-state index contributed by atoms with van der Waals surface area (Å²) in [5.41, 5.74) is 2.10. The lowest BCUT2D eigenvalue weighted by Gasteiger charge is -2.23. The fraction of sp³-hybridized carbons (Fsp3) is 0.562. The molecule has 18 heavy (non-hydrogen) atoms. The van der Waals surface area contributed by atoms with Gasteiger partial charge in [-0.05, 0) is 32.4 Å². The second-order valence-corrected chi connectivity index (χ2v) is 5.03. The van der Waals surface area contributed by atoms with Crippen molar-refractivity contribution in [2.24, 2.45) is 0 Å². The first kappa shape index (κ1) is 14.9. The number of ketones is 1. The number of benzene rings is 1. The minimum Gasteiger partial charge on any atom is -0.296 e. The van der Waals surface area contributed by atoms with E-state index in [2.05, 4.69) is 25.7 Å². The summed E-state index contributed by atoms with van der Waals surface area (Å²) in [5.74, 6) is 0.211. The normalized spacial score (nSPS) is 12.7. The van der Waals surface area contributed by atoms with Crippen LogP contribution in [0.2, 0.25) is 0 Å². The van der Waals surface area contributed by atoms with Crippen molar-refractivity contribution < 1.29 is 4.79 Å². The van der Waals surface area contributed by atoms with E-state index in [9.17, 15) is 4.79 Å². The standard InChI is InChI=1S/C16H25NO/c1-5-7-13(3)17(4)12-16(18)15-10-8-14(6-2)9-11-15/h8-11,13H,5-7,12H2,1-4H3. The van der Waals surface area contributed by atoms with E-state index in [-0.39, 0.29) is 5.78 Å². The molecule has 0 bridgehead atoms. The van der Waals surface area contributed by atoms with Crippen LogP contribution in [-0.2, 0) is 6.42 Å². The third-order valence-electron chi connectivity index (χ3n) is 3.54. The minimum absolute atomic E-state index is 0.211. The Morgan fingerprint density at radius 2 is 1.83 bits per heavy atom. The van der Waals surface area contributed by atoms with E-state index in [1.54, 1.807) is 0 Å². The number of hydrogen-bond donors (Lipinski definition) is 0. The molecule has 0 saturated carbocycles. The highest BCUT2D eigenvalue weighted by Gasteiger charge is 2.13. The van der Waals surface area contributed by atoms with Crippen LogP contribution >= 0.6 is 0 Å². The second-order valence-electron chi connectivity index (χ2n) is 5.03. The highest BCUT2D eigenvalue weighted by Crippen LogP contribution is 2.09. The van der Waals surface area contributed by atoms with E-state index >= 15 is 0 Å². The van der Waals surface area contributed by atoms with E-state index in [0.717, 1.165) is 24.8 Å². The number of carbonyl (C=O) groups is 1. The summed E-state index contributed by atoms with van der Waals surface area (Å²) >= 11 is 0. The Morgan fingerprint density at radius 1 is 1.22 bits per heavy atom. The Balaban J connectivity index is 2.58. The molecule has 0 radical (unpaired) electrons. The molecule has 0 aliphatic carbocycles. The maximum absolute atomic E-state index is 12.1. The third kappa shape index (κ3) is 4.26. The summed E-state index contributed by atoms with van der Waals surface area (Å²) in [6.07, 6.45) is 3.31. The molecule has 100 valence electrons. The second kappa shape index (κ2) is 7.32. The Hall–Kier alpha value is -1.15. The third-order valence-corrected chi connectivity index (χ3v) is 3.54. The SMILES string of the molecule is CCCC(C)N(C)CC(=O)c1ccc(CC)cc1. The Kier molecular flexibility index (Phi) is 6.06. The zero-order chi connectivity index (χ0) is 13.5. The molecular weight excluding hydrogens is 222 g/mol. The molecule has 0 heterocycles. The number of hydrogen-bond acceptors (Lipinski definition) is 2. The van der Waals surface area contributed by atoms with Crippen LogP contribution in [-0.4, -0.2) is 30.3 Å². The highest BCUT2D eigenvalue weighted by atomic mass is 16.1. The number of aryl methyl sites for hydroxylation is 1. The predicted octanol–water partition coefficient (Wildman–Crippen LogP) is 3.55. The van der Waals surface area contributed by atoms with Gasteiger partial charge in [-0.3, -0.25) is 9.69 Å². The summed E-state index contributed by atoms with van der Waals surface area (Å²) < 4.78 is 0.